The lowest BCUT2D eigenvalue weighted by Crippen LogP contribution is -2.44. The first-order valence-electron chi connectivity index (χ1n) is 16.0. The van der Waals surface area contributed by atoms with Gasteiger partial charge in [-0.1, -0.05) is 30.3 Å². The van der Waals surface area contributed by atoms with Gasteiger partial charge in [-0.05, 0) is 63.1 Å². The van der Waals surface area contributed by atoms with E-state index in [1.165, 1.54) is 30.3 Å². The Morgan fingerprint density at radius 3 is 1.80 bits per heavy atom. The van der Waals surface area contributed by atoms with E-state index in [0.717, 1.165) is 0 Å². The van der Waals surface area contributed by atoms with Gasteiger partial charge >= 0.3 is 0 Å². The normalized spacial score (nSPS) is 19.6. The highest BCUT2D eigenvalue weighted by Gasteiger charge is 2.37. The Bertz CT molecular complexity index is 1760. The van der Waals surface area contributed by atoms with Gasteiger partial charge in [0.05, 0.1) is 16.7 Å². The first kappa shape index (κ1) is 34.5. The van der Waals surface area contributed by atoms with Gasteiger partial charge in [0, 0.05) is 26.2 Å². The molecule has 0 fully saturated rings. The fraction of sp³-hybridized carbons (Fsp3) is 0.343. The maximum absolute atomic E-state index is 13.8. The maximum atomic E-state index is 13.8. The van der Waals surface area contributed by atoms with Crippen molar-refractivity contribution in [3.63, 3.8) is 0 Å². The van der Waals surface area contributed by atoms with Crippen LogP contribution in [0.5, 0.6) is 23.0 Å². The van der Waals surface area contributed by atoms with Crippen LogP contribution in [-0.2, 0) is 19.1 Å². The summed E-state index contributed by atoms with van der Waals surface area (Å²) in [6, 6.07) is 15.5. The number of carbonyl (C=O) groups is 3. The van der Waals surface area contributed by atoms with Crippen LogP contribution in [0, 0.1) is 0 Å². The van der Waals surface area contributed by atoms with E-state index >= 15 is 0 Å². The third-order valence-corrected chi connectivity index (χ3v) is 8.15. The van der Waals surface area contributed by atoms with E-state index in [9.17, 15) is 34.8 Å². The summed E-state index contributed by atoms with van der Waals surface area (Å²) in [5.41, 5.74) is 0.688. The Morgan fingerprint density at radius 1 is 0.694 bits per heavy atom. The second-order valence-corrected chi connectivity index (χ2v) is 11.7. The van der Waals surface area contributed by atoms with Gasteiger partial charge in [0.25, 0.3) is 11.8 Å². The minimum Gasteiger partial charge on any atom is -0.507 e. The monoisotopic (exact) mass is 673 g/mol. The summed E-state index contributed by atoms with van der Waals surface area (Å²) in [5, 5.41) is 45.7. The molecule has 14 heteroatoms. The Kier molecular flexibility index (Phi) is 10.9. The molecule has 6 N–H and O–H groups in total. The summed E-state index contributed by atoms with van der Waals surface area (Å²) in [4.78, 5) is 49.9. The lowest BCUT2D eigenvalue weighted by Gasteiger charge is -2.26. The van der Waals surface area contributed by atoms with Crippen molar-refractivity contribution < 1.29 is 44.3 Å². The van der Waals surface area contributed by atoms with E-state index in [1.807, 2.05) is 0 Å². The van der Waals surface area contributed by atoms with E-state index < -0.39 is 41.7 Å². The molecule has 0 aliphatic carbocycles. The summed E-state index contributed by atoms with van der Waals surface area (Å²) in [5.74, 6) is -1.88. The molecule has 258 valence electrons. The first-order chi connectivity index (χ1) is 23.5. The van der Waals surface area contributed by atoms with Gasteiger partial charge in [-0.15, -0.1) is 0 Å². The minimum atomic E-state index is -0.887. The fourth-order valence-electron chi connectivity index (χ4n) is 5.49. The second-order valence-electron chi connectivity index (χ2n) is 11.7. The standard InChI is InChI=1S/C35H39N5O9/c1-20-28(38-33(48-20)22-10-3-5-13-25(22)41)32(46)37-17-9-19-40(18-8-16-36-31(45)24-12-7-15-27(43)30(24)44)35(47)29-21(2)49-34(39-29)23-11-4-6-14-26(23)42/h3-7,10-15,20-21,28-29,41-44H,8-9,16-19H2,1-2H3,(H,36,45)(H,37,46)/t20?,21-,28?,29+/m1/s1. The van der Waals surface area contributed by atoms with Crippen LogP contribution in [0.25, 0.3) is 0 Å². The molecule has 3 amide bonds. The van der Waals surface area contributed by atoms with Gasteiger partial charge < -0.3 is 45.4 Å². The highest BCUT2D eigenvalue weighted by molar-refractivity contribution is 6.01. The number of para-hydroxylation sites is 3. The Balaban J connectivity index is 1.21. The van der Waals surface area contributed by atoms with Gasteiger partial charge in [0.2, 0.25) is 17.7 Å². The zero-order valence-corrected chi connectivity index (χ0v) is 27.1. The number of rotatable bonds is 13. The number of carbonyl (C=O) groups excluding carboxylic acids is 3. The van der Waals surface area contributed by atoms with Crippen molar-refractivity contribution in [1.82, 2.24) is 15.5 Å². The summed E-state index contributed by atoms with van der Waals surface area (Å²) in [7, 11) is 0. The van der Waals surface area contributed by atoms with Gasteiger partial charge in [-0.25, -0.2) is 9.98 Å². The number of hydrogen-bond acceptors (Lipinski definition) is 11. The summed E-state index contributed by atoms with van der Waals surface area (Å²) in [6.07, 6.45) is -0.429. The van der Waals surface area contributed by atoms with Crippen molar-refractivity contribution >= 4 is 29.5 Å². The number of aliphatic imine (C=N–C) groups is 2. The predicted octanol–water partition coefficient (Wildman–Crippen LogP) is 2.43. The van der Waals surface area contributed by atoms with E-state index in [4.69, 9.17) is 9.47 Å². The zero-order chi connectivity index (χ0) is 35.1. The molecule has 0 saturated heterocycles. The largest absolute Gasteiger partial charge is 0.507 e. The molecule has 49 heavy (non-hydrogen) atoms. The molecule has 2 aliphatic rings. The SMILES string of the molecule is CC1OC(c2ccccc2O)=NC1C(=O)NCCCN(CCCNC(=O)c1cccc(O)c1O)C(=O)[C@H]1N=C(c2ccccc2O)O[C@@H]1C. The summed E-state index contributed by atoms with van der Waals surface area (Å²) in [6.45, 7) is 4.29. The molecule has 0 bridgehead atoms. The van der Waals surface area contributed by atoms with Crippen LogP contribution >= 0.6 is 0 Å². The van der Waals surface area contributed by atoms with E-state index in [-0.39, 0.29) is 66.9 Å². The van der Waals surface area contributed by atoms with Gasteiger partial charge in [-0.2, -0.15) is 0 Å². The quantitative estimate of drug-likeness (QED) is 0.116. The number of nitrogens with zero attached hydrogens (tertiary/aromatic N) is 3. The predicted molar refractivity (Wildman–Crippen MR) is 179 cm³/mol. The molecule has 2 heterocycles. The average molecular weight is 674 g/mol. The molecule has 3 aromatic carbocycles. The number of hydrogen-bond donors (Lipinski definition) is 6. The number of benzene rings is 3. The van der Waals surface area contributed by atoms with Gasteiger partial charge in [-0.3, -0.25) is 14.4 Å². The second kappa shape index (κ2) is 15.4. The van der Waals surface area contributed by atoms with Gasteiger partial charge in [0.1, 0.15) is 23.7 Å². The number of ether oxygens (including phenoxy) is 2. The molecule has 0 saturated carbocycles. The van der Waals surface area contributed by atoms with Gasteiger partial charge in [0.15, 0.2) is 23.6 Å². The zero-order valence-electron chi connectivity index (χ0n) is 27.1. The minimum absolute atomic E-state index is 0.00431. The molecular formula is C35H39N5O9. The highest BCUT2D eigenvalue weighted by Crippen LogP contribution is 2.28. The number of amides is 3. The van der Waals surface area contributed by atoms with Crippen molar-refractivity contribution in [1.29, 1.82) is 0 Å². The van der Waals surface area contributed by atoms with Crippen LogP contribution in [0.15, 0.2) is 76.7 Å². The molecule has 2 aliphatic heterocycles. The van der Waals surface area contributed by atoms with E-state index in [1.54, 1.807) is 55.1 Å². The average Bonchev–Trinajstić information content (AvgIpc) is 3.67. The maximum Gasteiger partial charge on any atom is 0.255 e. The number of nitrogens with one attached hydrogen (secondary N) is 2. The third-order valence-electron chi connectivity index (χ3n) is 8.15. The van der Waals surface area contributed by atoms with Crippen LogP contribution in [0.4, 0.5) is 0 Å². The van der Waals surface area contributed by atoms with Crippen molar-refractivity contribution in [2.45, 2.75) is 51.0 Å². The Morgan fingerprint density at radius 2 is 1.20 bits per heavy atom. The van der Waals surface area contributed by atoms with Crippen molar-refractivity contribution in [3.8, 4) is 23.0 Å². The molecule has 2 unspecified atom stereocenters. The Labute approximate surface area is 282 Å². The Hall–Kier alpha value is -5.79. The molecule has 0 radical (unpaired) electrons. The number of phenolic OH excluding ortho intramolecular Hbond substituents is 4. The molecular weight excluding hydrogens is 634 g/mol. The molecule has 0 spiro atoms. The highest BCUT2D eigenvalue weighted by atomic mass is 16.5. The van der Waals surface area contributed by atoms with Crippen molar-refractivity contribution in [2.24, 2.45) is 9.98 Å². The smallest absolute Gasteiger partial charge is 0.255 e. The molecule has 4 atom stereocenters. The van der Waals surface area contributed by atoms with Crippen LogP contribution in [0.2, 0.25) is 0 Å². The topological polar surface area (TPSA) is 203 Å². The molecule has 3 aromatic rings. The van der Waals surface area contributed by atoms with Crippen LogP contribution in [-0.4, -0.2) is 105 Å². The molecule has 5 rings (SSSR count). The van der Waals surface area contributed by atoms with E-state index in [2.05, 4.69) is 20.6 Å². The lowest BCUT2D eigenvalue weighted by molar-refractivity contribution is -0.134. The summed E-state index contributed by atoms with van der Waals surface area (Å²) >= 11 is 0. The summed E-state index contributed by atoms with van der Waals surface area (Å²) < 4.78 is 11.6. The lowest BCUT2D eigenvalue weighted by atomic mass is 10.1. The van der Waals surface area contributed by atoms with Crippen LogP contribution < -0.4 is 10.6 Å². The first-order valence-corrected chi connectivity index (χ1v) is 16.0. The molecule has 14 nitrogen and oxygen atoms in total. The number of phenols is 4. The van der Waals surface area contributed by atoms with Crippen LogP contribution in [0.3, 0.4) is 0 Å². The van der Waals surface area contributed by atoms with Crippen LogP contribution in [0.1, 0.15) is 48.2 Å². The fourth-order valence-corrected chi connectivity index (χ4v) is 5.49. The van der Waals surface area contributed by atoms with Crippen molar-refractivity contribution in [3.05, 3.63) is 83.4 Å². The van der Waals surface area contributed by atoms with Crippen molar-refractivity contribution in [2.75, 3.05) is 26.2 Å². The molecule has 0 aromatic heterocycles. The third kappa shape index (κ3) is 8.03. The van der Waals surface area contributed by atoms with E-state index in [0.29, 0.717) is 24.0 Å². The number of aromatic hydroxyl groups is 4.